The Bertz CT molecular complexity index is 565. The van der Waals surface area contributed by atoms with E-state index >= 15 is 0 Å². The topological polar surface area (TPSA) is 47.0 Å². The summed E-state index contributed by atoms with van der Waals surface area (Å²) in [5, 5.41) is 3.29. The molecule has 1 aliphatic rings. The average molecular weight is 269 g/mol. The van der Waals surface area contributed by atoms with E-state index in [1.807, 2.05) is 24.3 Å². The van der Waals surface area contributed by atoms with E-state index in [0.717, 1.165) is 49.1 Å². The van der Waals surface area contributed by atoms with E-state index in [4.69, 9.17) is 9.72 Å². The lowest BCUT2D eigenvalue weighted by molar-refractivity contribution is 0.193. The van der Waals surface area contributed by atoms with Crippen LogP contribution in [0.5, 0.6) is 0 Å². The summed E-state index contributed by atoms with van der Waals surface area (Å²) >= 11 is 0. The lowest BCUT2D eigenvalue weighted by Gasteiger charge is -2.12. The number of ether oxygens (including phenoxy) is 1. The van der Waals surface area contributed by atoms with Crippen molar-refractivity contribution < 1.29 is 4.74 Å². The van der Waals surface area contributed by atoms with Gasteiger partial charge in [-0.15, -0.1) is 0 Å². The van der Waals surface area contributed by atoms with Gasteiger partial charge in [-0.1, -0.05) is 30.3 Å². The highest BCUT2D eigenvalue weighted by Crippen LogP contribution is 2.26. The van der Waals surface area contributed by atoms with Crippen molar-refractivity contribution in [3.8, 4) is 11.3 Å². The number of nitrogens with zero attached hydrogens (tertiary/aromatic N) is 2. The minimum Gasteiger partial charge on any atom is -0.381 e. The third-order valence-corrected chi connectivity index (χ3v) is 3.47. The van der Waals surface area contributed by atoms with Gasteiger partial charge in [0, 0.05) is 30.7 Å². The second-order valence-electron chi connectivity index (χ2n) is 4.95. The molecular formula is C16H19N3O. The summed E-state index contributed by atoms with van der Waals surface area (Å²) in [6, 6.07) is 12.2. The number of benzene rings is 1. The molecule has 2 heterocycles. The minimum atomic E-state index is 0.316. The van der Waals surface area contributed by atoms with Crippen LogP contribution in [0.3, 0.4) is 0 Å². The van der Waals surface area contributed by atoms with Crippen LogP contribution in [0.4, 0.5) is 5.82 Å². The van der Waals surface area contributed by atoms with Crippen LogP contribution >= 0.6 is 0 Å². The molecule has 104 valence electrons. The molecule has 1 fully saturated rings. The zero-order valence-electron chi connectivity index (χ0n) is 11.7. The molecule has 1 aromatic carbocycles. The second kappa shape index (κ2) is 6.01. The first-order valence-electron chi connectivity index (χ1n) is 7.13. The highest BCUT2D eigenvalue weighted by Gasteiger charge is 2.21. The van der Waals surface area contributed by atoms with E-state index in [1.54, 1.807) is 0 Å². The Morgan fingerprint density at radius 3 is 2.80 bits per heavy atom. The normalized spacial score (nSPS) is 18.1. The van der Waals surface area contributed by atoms with E-state index in [2.05, 4.69) is 29.4 Å². The van der Waals surface area contributed by atoms with Gasteiger partial charge in [0.25, 0.3) is 0 Å². The van der Waals surface area contributed by atoms with Crippen LogP contribution < -0.4 is 5.32 Å². The molecule has 0 amide bonds. The Morgan fingerprint density at radius 2 is 2.10 bits per heavy atom. The highest BCUT2D eigenvalue weighted by molar-refractivity contribution is 5.62. The van der Waals surface area contributed by atoms with Gasteiger partial charge in [-0.05, 0) is 13.3 Å². The molecule has 0 aliphatic carbocycles. The van der Waals surface area contributed by atoms with Crippen molar-refractivity contribution in [2.24, 2.45) is 0 Å². The number of anilines is 1. The fraction of sp³-hybridized carbons (Fsp3) is 0.375. The van der Waals surface area contributed by atoms with Gasteiger partial charge >= 0.3 is 0 Å². The maximum Gasteiger partial charge on any atom is 0.136 e. The Labute approximate surface area is 119 Å². The van der Waals surface area contributed by atoms with Crippen LogP contribution in [0.2, 0.25) is 0 Å². The standard InChI is InChI=1S/C16H19N3O/c1-2-17-15-10-14(12-6-4-3-5-7-12)18-16(19-15)13-8-9-20-11-13/h3-7,10,13H,2,8-9,11H2,1H3,(H,17,18,19). The Hall–Kier alpha value is -1.94. The molecule has 1 saturated heterocycles. The SMILES string of the molecule is CCNc1cc(-c2ccccc2)nc(C2CCOC2)n1. The van der Waals surface area contributed by atoms with E-state index in [0.29, 0.717) is 5.92 Å². The van der Waals surface area contributed by atoms with Gasteiger partial charge in [-0.3, -0.25) is 0 Å². The fourth-order valence-corrected chi connectivity index (χ4v) is 2.42. The van der Waals surface area contributed by atoms with E-state index < -0.39 is 0 Å². The number of aromatic nitrogens is 2. The van der Waals surface area contributed by atoms with Crippen LogP contribution in [0.1, 0.15) is 25.1 Å². The van der Waals surface area contributed by atoms with Crippen LogP contribution in [-0.4, -0.2) is 29.7 Å². The highest BCUT2D eigenvalue weighted by atomic mass is 16.5. The van der Waals surface area contributed by atoms with Gasteiger partial charge in [-0.25, -0.2) is 9.97 Å². The molecule has 1 aliphatic heterocycles. The zero-order valence-corrected chi connectivity index (χ0v) is 11.7. The first kappa shape index (κ1) is 13.1. The molecule has 1 N–H and O–H groups in total. The maximum absolute atomic E-state index is 5.46. The smallest absolute Gasteiger partial charge is 0.136 e. The van der Waals surface area contributed by atoms with Gasteiger partial charge in [0.05, 0.1) is 12.3 Å². The summed E-state index contributed by atoms with van der Waals surface area (Å²) in [4.78, 5) is 9.37. The van der Waals surface area contributed by atoms with Gasteiger partial charge in [-0.2, -0.15) is 0 Å². The van der Waals surface area contributed by atoms with Crippen LogP contribution in [-0.2, 0) is 4.74 Å². The van der Waals surface area contributed by atoms with E-state index in [-0.39, 0.29) is 0 Å². The lowest BCUT2D eigenvalue weighted by atomic mass is 10.1. The van der Waals surface area contributed by atoms with Crippen molar-refractivity contribution in [1.29, 1.82) is 0 Å². The zero-order chi connectivity index (χ0) is 13.8. The second-order valence-corrected chi connectivity index (χ2v) is 4.95. The van der Waals surface area contributed by atoms with Crippen molar-refractivity contribution in [2.45, 2.75) is 19.3 Å². The summed E-state index contributed by atoms with van der Waals surface area (Å²) < 4.78 is 5.46. The van der Waals surface area contributed by atoms with E-state index in [1.165, 1.54) is 0 Å². The van der Waals surface area contributed by atoms with Gasteiger partial charge in [0.15, 0.2) is 0 Å². The number of hydrogen-bond donors (Lipinski definition) is 1. The molecule has 0 saturated carbocycles. The van der Waals surface area contributed by atoms with Gasteiger partial charge in [0.2, 0.25) is 0 Å². The summed E-state index contributed by atoms with van der Waals surface area (Å²) in [7, 11) is 0. The van der Waals surface area contributed by atoms with Crippen LogP contribution in [0.15, 0.2) is 36.4 Å². The molecule has 1 aromatic heterocycles. The van der Waals surface area contributed by atoms with Crippen LogP contribution in [0, 0.1) is 0 Å². The Kier molecular flexibility index (Phi) is 3.92. The fourth-order valence-electron chi connectivity index (χ4n) is 2.42. The molecule has 4 heteroatoms. The molecule has 0 radical (unpaired) electrons. The largest absolute Gasteiger partial charge is 0.381 e. The van der Waals surface area contributed by atoms with Crippen molar-refractivity contribution in [1.82, 2.24) is 9.97 Å². The summed E-state index contributed by atoms with van der Waals surface area (Å²) in [5.74, 6) is 2.10. The van der Waals surface area contributed by atoms with Crippen LogP contribution in [0.25, 0.3) is 11.3 Å². The third-order valence-electron chi connectivity index (χ3n) is 3.47. The Balaban J connectivity index is 2.00. The molecule has 1 unspecified atom stereocenters. The van der Waals surface area contributed by atoms with Gasteiger partial charge < -0.3 is 10.1 Å². The van der Waals surface area contributed by atoms with Crippen molar-refractivity contribution in [3.05, 3.63) is 42.2 Å². The molecule has 2 aromatic rings. The molecule has 3 rings (SSSR count). The first-order valence-corrected chi connectivity index (χ1v) is 7.13. The van der Waals surface area contributed by atoms with Crippen molar-refractivity contribution in [3.63, 3.8) is 0 Å². The Morgan fingerprint density at radius 1 is 1.25 bits per heavy atom. The average Bonchev–Trinajstić information content (AvgIpc) is 3.02. The number of rotatable bonds is 4. The summed E-state index contributed by atoms with van der Waals surface area (Å²) in [6.45, 7) is 4.46. The maximum atomic E-state index is 5.46. The predicted molar refractivity (Wildman–Crippen MR) is 79.8 cm³/mol. The predicted octanol–water partition coefficient (Wildman–Crippen LogP) is 3.08. The molecule has 0 spiro atoms. The minimum absolute atomic E-state index is 0.316. The third kappa shape index (κ3) is 2.80. The molecule has 1 atom stereocenters. The summed E-state index contributed by atoms with van der Waals surface area (Å²) in [6.07, 6.45) is 1.00. The monoisotopic (exact) mass is 269 g/mol. The molecular weight excluding hydrogens is 250 g/mol. The first-order chi connectivity index (χ1) is 9.86. The number of hydrogen-bond acceptors (Lipinski definition) is 4. The van der Waals surface area contributed by atoms with Crippen molar-refractivity contribution >= 4 is 5.82 Å². The lowest BCUT2D eigenvalue weighted by Crippen LogP contribution is -2.09. The van der Waals surface area contributed by atoms with E-state index in [9.17, 15) is 0 Å². The quantitative estimate of drug-likeness (QED) is 0.926. The molecule has 0 bridgehead atoms. The van der Waals surface area contributed by atoms with Crippen molar-refractivity contribution in [2.75, 3.05) is 25.1 Å². The molecule has 4 nitrogen and oxygen atoms in total. The molecule has 20 heavy (non-hydrogen) atoms. The van der Waals surface area contributed by atoms with Gasteiger partial charge in [0.1, 0.15) is 11.6 Å². The number of nitrogens with one attached hydrogen (secondary N) is 1. The summed E-state index contributed by atoms with van der Waals surface area (Å²) in [5.41, 5.74) is 2.09.